The Kier molecular flexibility index (Phi) is 3.41. The molecule has 4 heteroatoms. The summed E-state index contributed by atoms with van der Waals surface area (Å²) < 4.78 is 13.8. The Balaban J connectivity index is 3.53. The second-order valence-electron chi connectivity index (χ2n) is 4.23. The lowest BCUT2D eigenvalue weighted by atomic mass is 9.82. The molecule has 0 saturated heterocycles. The van der Waals surface area contributed by atoms with Gasteiger partial charge in [0.05, 0.1) is 11.1 Å². The first-order chi connectivity index (χ1) is 6.81. The smallest absolute Gasteiger partial charge is 0.134 e. The Morgan fingerprint density at radius 3 is 2.47 bits per heavy atom. The molecule has 0 aliphatic carbocycles. The summed E-state index contributed by atoms with van der Waals surface area (Å²) in [6.07, 6.45) is 0. The molecule has 0 spiro atoms. The van der Waals surface area contributed by atoms with Gasteiger partial charge in [0.2, 0.25) is 0 Å². The van der Waals surface area contributed by atoms with Crippen molar-refractivity contribution in [3.63, 3.8) is 0 Å². The van der Waals surface area contributed by atoms with Crippen molar-refractivity contribution in [3.05, 3.63) is 27.5 Å². The Hall–Kier alpha value is -0.610. The standard InChI is InChI=1S/C11H14BrFO2/c1-6-8(13)4-7(12)10(15)9(6)11(2,3)5-14/h4,14-15H,5H2,1-3H3. The Bertz CT molecular complexity index is 362. The number of aliphatic hydroxyl groups is 1. The van der Waals surface area contributed by atoms with Crippen molar-refractivity contribution in [2.45, 2.75) is 26.2 Å². The molecule has 1 rings (SSSR count). The molecule has 0 bridgehead atoms. The first-order valence-corrected chi connectivity index (χ1v) is 5.39. The predicted molar refractivity (Wildman–Crippen MR) is 60.6 cm³/mol. The van der Waals surface area contributed by atoms with E-state index in [1.165, 1.54) is 6.07 Å². The molecule has 0 aliphatic rings. The Morgan fingerprint density at radius 2 is 2.00 bits per heavy atom. The highest BCUT2D eigenvalue weighted by Gasteiger charge is 2.28. The van der Waals surface area contributed by atoms with Crippen molar-refractivity contribution in [1.82, 2.24) is 0 Å². The molecular formula is C11H14BrFO2. The molecule has 1 aromatic carbocycles. The zero-order valence-corrected chi connectivity index (χ0v) is 10.5. The third-order valence-electron chi connectivity index (χ3n) is 2.52. The van der Waals surface area contributed by atoms with E-state index in [-0.39, 0.29) is 12.4 Å². The van der Waals surface area contributed by atoms with E-state index in [9.17, 15) is 14.6 Å². The van der Waals surface area contributed by atoms with E-state index in [1.54, 1.807) is 20.8 Å². The lowest BCUT2D eigenvalue weighted by Gasteiger charge is -2.26. The van der Waals surface area contributed by atoms with Crippen molar-refractivity contribution in [2.75, 3.05) is 6.61 Å². The zero-order valence-electron chi connectivity index (χ0n) is 8.93. The largest absolute Gasteiger partial charge is 0.506 e. The van der Waals surface area contributed by atoms with Crippen LogP contribution in [0.2, 0.25) is 0 Å². The van der Waals surface area contributed by atoms with Gasteiger partial charge in [-0.05, 0) is 34.5 Å². The average Bonchev–Trinajstić information content (AvgIpc) is 2.15. The van der Waals surface area contributed by atoms with Crippen LogP contribution in [0.15, 0.2) is 10.5 Å². The molecule has 2 nitrogen and oxygen atoms in total. The molecule has 0 fully saturated rings. The number of benzene rings is 1. The van der Waals surface area contributed by atoms with Gasteiger partial charge in [0.1, 0.15) is 11.6 Å². The van der Waals surface area contributed by atoms with Gasteiger partial charge >= 0.3 is 0 Å². The van der Waals surface area contributed by atoms with Crippen LogP contribution in [0.5, 0.6) is 5.75 Å². The summed E-state index contributed by atoms with van der Waals surface area (Å²) in [5.74, 6) is -0.399. The first kappa shape index (κ1) is 12.5. The molecule has 84 valence electrons. The second kappa shape index (κ2) is 4.10. The van der Waals surface area contributed by atoms with Crippen LogP contribution in [0.3, 0.4) is 0 Å². The van der Waals surface area contributed by atoms with Gasteiger partial charge in [0, 0.05) is 11.0 Å². The number of phenolic OH excluding ortho intramolecular Hbond substituents is 1. The summed E-state index contributed by atoms with van der Waals surface area (Å²) in [6, 6.07) is 1.22. The van der Waals surface area contributed by atoms with Gasteiger partial charge in [-0.25, -0.2) is 4.39 Å². The van der Waals surface area contributed by atoms with Crippen LogP contribution in [0.25, 0.3) is 0 Å². The Morgan fingerprint density at radius 1 is 1.47 bits per heavy atom. The summed E-state index contributed by atoms with van der Waals surface area (Å²) in [6.45, 7) is 4.94. The molecule has 15 heavy (non-hydrogen) atoms. The van der Waals surface area contributed by atoms with Gasteiger partial charge in [0.25, 0.3) is 0 Å². The van der Waals surface area contributed by atoms with Gasteiger partial charge in [-0.2, -0.15) is 0 Å². The van der Waals surface area contributed by atoms with E-state index < -0.39 is 11.2 Å². The summed E-state index contributed by atoms with van der Waals surface area (Å²) in [7, 11) is 0. The van der Waals surface area contributed by atoms with Crippen molar-refractivity contribution >= 4 is 15.9 Å². The lowest BCUT2D eigenvalue weighted by Crippen LogP contribution is -2.24. The number of aromatic hydroxyl groups is 1. The molecular weight excluding hydrogens is 263 g/mol. The number of hydrogen-bond acceptors (Lipinski definition) is 2. The van der Waals surface area contributed by atoms with E-state index >= 15 is 0 Å². The molecule has 0 saturated carbocycles. The summed E-state index contributed by atoms with van der Waals surface area (Å²) >= 11 is 3.08. The van der Waals surface area contributed by atoms with Crippen LogP contribution in [0.4, 0.5) is 4.39 Å². The maximum absolute atomic E-state index is 13.5. The maximum atomic E-state index is 13.5. The SMILES string of the molecule is Cc1c(F)cc(Br)c(O)c1C(C)(C)CO. The molecule has 0 unspecified atom stereocenters. The van der Waals surface area contributed by atoms with Crippen molar-refractivity contribution in [2.24, 2.45) is 0 Å². The molecule has 0 heterocycles. The van der Waals surface area contributed by atoms with E-state index in [0.717, 1.165) is 0 Å². The van der Waals surface area contributed by atoms with E-state index in [0.29, 0.717) is 15.6 Å². The zero-order chi connectivity index (χ0) is 11.8. The number of aliphatic hydroxyl groups excluding tert-OH is 1. The van der Waals surface area contributed by atoms with Crippen LogP contribution >= 0.6 is 15.9 Å². The minimum absolute atomic E-state index is 0.00653. The van der Waals surface area contributed by atoms with Crippen molar-refractivity contribution in [1.29, 1.82) is 0 Å². The molecule has 1 aromatic rings. The number of halogens is 2. The minimum Gasteiger partial charge on any atom is -0.506 e. The summed E-state index contributed by atoms with van der Waals surface area (Å²) in [5.41, 5.74) is 0.144. The van der Waals surface area contributed by atoms with Crippen LogP contribution in [0.1, 0.15) is 25.0 Å². The van der Waals surface area contributed by atoms with Gasteiger partial charge in [-0.3, -0.25) is 0 Å². The molecule has 0 aliphatic heterocycles. The fourth-order valence-electron chi connectivity index (χ4n) is 1.61. The fourth-order valence-corrected chi connectivity index (χ4v) is 2.01. The monoisotopic (exact) mass is 276 g/mol. The fraction of sp³-hybridized carbons (Fsp3) is 0.455. The van der Waals surface area contributed by atoms with Crippen molar-refractivity contribution in [3.8, 4) is 5.75 Å². The minimum atomic E-state index is -0.668. The van der Waals surface area contributed by atoms with Crippen LogP contribution in [0, 0.1) is 12.7 Å². The third kappa shape index (κ3) is 2.16. The molecule has 0 atom stereocenters. The quantitative estimate of drug-likeness (QED) is 0.872. The van der Waals surface area contributed by atoms with E-state index in [1.807, 2.05) is 0 Å². The second-order valence-corrected chi connectivity index (χ2v) is 5.09. The van der Waals surface area contributed by atoms with Gasteiger partial charge in [-0.1, -0.05) is 13.8 Å². The summed E-state index contributed by atoms with van der Waals surface area (Å²) in [5, 5.41) is 19.1. The molecule has 0 aromatic heterocycles. The van der Waals surface area contributed by atoms with Gasteiger partial charge in [0.15, 0.2) is 0 Å². The van der Waals surface area contributed by atoms with E-state index in [4.69, 9.17) is 0 Å². The highest BCUT2D eigenvalue weighted by atomic mass is 79.9. The summed E-state index contributed by atoms with van der Waals surface area (Å²) in [4.78, 5) is 0. The van der Waals surface area contributed by atoms with E-state index in [2.05, 4.69) is 15.9 Å². The topological polar surface area (TPSA) is 40.5 Å². The molecule has 2 N–H and O–H groups in total. The Labute approximate surface area is 96.9 Å². The average molecular weight is 277 g/mol. The van der Waals surface area contributed by atoms with Crippen molar-refractivity contribution < 1.29 is 14.6 Å². The normalized spacial score (nSPS) is 11.9. The third-order valence-corrected chi connectivity index (χ3v) is 3.13. The first-order valence-electron chi connectivity index (χ1n) is 4.60. The number of phenols is 1. The highest BCUT2D eigenvalue weighted by molar-refractivity contribution is 9.10. The molecule has 0 radical (unpaired) electrons. The van der Waals surface area contributed by atoms with Crippen LogP contribution in [-0.4, -0.2) is 16.8 Å². The maximum Gasteiger partial charge on any atom is 0.134 e. The van der Waals surface area contributed by atoms with Gasteiger partial charge in [-0.15, -0.1) is 0 Å². The van der Waals surface area contributed by atoms with Gasteiger partial charge < -0.3 is 10.2 Å². The predicted octanol–water partition coefficient (Wildman–Crippen LogP) is 2.87. The number of rotatable bonds is 2. The van der Waals surface area contributed by atoms with Crippen LogP contribution in [-0.2, 0) is 5.41 Å². The molecule has 0 amide bonds. The number of hydrogen-bond donors (Lipinski definition) is 2. The lowest BCUT2D eigenvalue weighted by molar-refractivity contribution is 0.214. The highest BCUT2D eigenvalue weighted by Crippen LogP contribution is 2.39. The van der Waals surface area contributed by atoms with Crippen LogP contribution < -0.4 is 0 Å².